The quantitative estimate of drug-likeness (QED) is 0.761. The fourth-order valence-electron chi connectivity index (χ4n) is 2.04. The van der Waals surface area contributed by atoms with Crippen molar-refractivity contribution in [3.63, 3.8) is 0 Å². The van der Waals surface area contributed by atoms with E-state index in [1.165, 1.54) is 25.3 Å². The van der Waals surface area contributed by atoms with Gasteiger partial charge >= 0.3 is 6.09 Å². The van der Waals surface area contributed by atoms with Crippen molar-refractivity contribution in [3.8, 4) is 11.5 Å². The maximum Gasteiger partial charge on any atom is 0.407 e. The van der Waals surface area contributed by atoms with Gasteiger partial charge in [0.15, 0.2) is 0 Å². The van der Waals surface area contributed by atoms with E-state index in [0.717, 1.165) is 5.56 Å². The SMILES string of the molecule is COc1cc(O)ccc1C(O)CNC(=O)OCc1ccccc1. The Hall–Kier alpha value is -2.73. The van der Waals surface area contributed by atoms with Crippen LogP contribution in [0.1, 0.15) is 17.2 Å². The van der Waals surface area contributed by atoms with Crippen molar-refractivity contribution < 1.29 is 24.5 Å². The number of carbonyl (C=O) groups is 1. The molecule has 2 aromatic carbocycles. The number of aliphatic hydroxyl groups is 1. The zero-order valence-electron chi connectivity index (χ0n) is 12.7. The minimum atomic E-state index is -0.977. The Morgan fingerprint density at radius 2 is 1.96 bits per heavy atom. The van der Waals surface area contributed by atoms with E-state index in [0.29, 0.717) is 11.3 Å². The van der Waals surface area contributed by atoms with Gasteiger partial charge in [0.25, 0.3) is 0 Å². The molecule has 0 saturated carbocycles. The third-order valence-corrected chi connectivity index (χ3v) is 3.23. The Morgan fingerprint density at radius 3 is 2.65 bits per heavy atom. The minimum Gasteiger partial charge on any atom is -0.508 e. The van der Waals surface area contributed by atoms with E-state index in [1.807, 2.05) is 30.3 Å². The van der Waals surface area contributed by atoms with E-state index in [9.17, 15) is 15.0 Å². The Kier molecular flexibility index (Phi) is 5.82. The zero-order chi connectivity index (χ0) is 16.7. The number of phenols is 1. The largest absolute Gasteiger partial charge is 0.508 e. The lowest BCUT2D eigenvalue weighted by atomic mass is 10.1. The molecular weight excluding hydrogens is 298 g/mol. The van der Waals surface area contributed by atoms with Gasteiger partial charge in [-0.05, 0) is 17.7 Å². The van der Waals surface area contributed by atoms with Crippen LogP contribution in [0.15, 0.2) is 48.5 Å². The Labute approximate surface area is 134 Å². The van der Waals surface area contributed by atoms with Crippen molar-refractivity contribution in [1.82, 2.24) is 5.32 Å². The Balaban J connectivity index is 1.84. The van der Waals surface area contributed by atoms with E-state index in [4.69, 9.17) is 9.47 Å². The first-order valence-electron chi connectivity index (χ1n) is 7.09. The molecule has 1 amide bonds. The summed E-state index contributed by atoms with van der Waals surface area (Å²) >= 11 is 0. The van der Waals surface area contributed by atoms with Crippen LogP contribution in [0.5, 0.6) is 11.5 Å². The number of ether oxygens (including phenoxy) is 2. The molecule has 0 spiro atoms. The summed E-state index contributed by atoms with van der Waals surface area (Å²) in [7, 11) is 1.44. The smallest absolute Gasteiger partial charge is 0.407 e. The number of benzene rings is 2. The number of phenolic OH excluding ortho intramolecular Hbond substituents is 1. The number of hydrogen-bond acceptors (Lipinski definition) is 5. The molecule has 2 rings (SSSR count). The van der Waals surface area contributed by atoms with Gasteiger partial charge in [-0.25, -0.2) is 4.79 Å². The summed E-state index contributed by atoms with van der Waals surface area (Å²) in [5.74, 6) is 0.380. The monoisotopic (exact) mass is 317 g/mol. The first kappa shape index (κ1) is 16.6. The summed E-state index contributed by atoms with van der Waals surface area (Å²) in [5.41, 5.74) is 1.34. The second kappa shape index (κ2) is 8.05. The van der Waals surface area contributed by atoms with Crippen molar-refractivity contribution in [2.45, 2.75) is 12.7 Å². The molecule has 0 radical (unpaired) electrons. The number of alkyl carbamates (subject to hydrolysis) is 1. The molecule has 0 bridgehead atoms. The van der Waals surface area contributed by atoms with Crippen molar-refractivity contribution in [1.29, 1.82) is 0 Å². The molecule has 6 heteroatoms. The predicted molar refractivity (Wildman–Crippen MR) is 84.2 cm³/mol. The molecule has 0 fully saturated rings. The van der Waals surface area contributed by atoms with Gasteiger partial charge < -0.3 is 25.0 Å². The number of hydrogen-bond donors (Lipinski definition) is 3. The van der Waals surface area contributed by atoms with Crippen LogP contribution in [0, 0.1) is 0 Å². The Bertz CT molecular complexity index is 645. The molecule has 0 aromatic heterocycles. The van der Waals surface area contributed by atoms with Crippen molar-refractivity contribution in [2.24, 2.45) is 0 Å². The van der Waals surface area contributed by atoms with Crippen molar-refractivity contribution >= 4 is 6.09 Å². The molecule has 6 nitrogen and oxygen atoms in total. The molecule has 0 aliphatic rings. The second-order valence-corrected chi connectivity index (χ2v) is 4.88. The average molecular weight is 317 g/mol. The summed E-state index contributed by atoms with van der Waals surface area (Å²) in [6.07, 6.45) is -1.60. The number of methoxy groups -OCH3 is 1. The highest BCUT2D eigenvalue weighted by molar-refractivity contribution is 5.67. The zero-order valence-corrected chi connectivity index (χ0v) is 12.7. The minimum absolute atomic E-state index is 0.0330. The van der Waals surface area contributed by atoms with E-state index >= 15 is 0 Å². The van der Waals surface area contributed by atoms with Crippen LogP contribution < -0.4 is 10.1 Å². The maximum absolute atomic E-state index is 11.6. The number of aliphatic hydroxyl groups excluding tert-OH is 1. The van der Waals surface area contributed by atoms with E-state index in [-0.39, 0.29) is 18.9 Å². The summed E-state index contributed by atoms with van der Waals surface area (Å²) < 4.78 is 10.2. The summed E-state index contributed by atoms with van der Waals surface area (Å²) in [5, 5.41) is 22.0. The molecule has 0 saturated heterocycles. The van der Waals surface area contributed by atoms with Gasteiger partial charge in [0.2, 0.25) is 0 Å². The van der Waals surface area contributed by atoms with Gasteiger partial charge in [0, 0.05) is 11.6 Å². The van der Waals surface area contributed by atoms with Gasteiger partial charge in [-0.15, -0.1) is 0 Å². The third-order valence-electron chi connectivity index (χ3n) is 3.23. The van der Waals surface area contributed by atoms with E-state index < -0.39 is 12.2 Å². The summed E-state index contributed by atoms with van der Waals surface area (Å²) in [6, 6.07) is 13.7. The molecule has 122 valence electrons. The van der Waals surface area contributed by atoms with Crippen LogP contribution in [0.3, 0.4) is 0 Å². The fourth-order valence-corrected chi connectivity index (χ4v) is 2.04. The van der Waals surface area contributed by atoms with E-state index in [2.05, 4.69) is 5.32 Å². The number of rotatable bonds is 6. The van der Waals surface area contributed by atoms with E-state index in [1.54, 1.807) is 0 Å². The third kappa shape index (κ3) is 4.89. The molecule has 3 N–H and O–H groups in total. The topological polar surface area (TPSA) is 88.0 Å². The van der Waals surface area contributed by atoms with Crippen molar-refractivity contribution in [3.05, 3.63) is 59.7 Å². The normalized spacial score (nSPS) is 11.6. The van der Waals surface area contributed by atoms with Crippen LogP contribution in [-0.2, 0) is 11.3 Å². The van der Waals surface area contributed by atoms with Crippen LogP contribution in [-0.4, -0.2) is 30.0 Å². The van der Waals surface area contributed by atoms with Crippen molar-refractivity contribution in [2.75, 3.05) is 13.7 Å². The molecule has 0 heterocycles. The highest BCUT2D eigenvalue weighted by atomic mass is 16.5. The number of carbonyl (C=O) groups excluding carboxylic acids is 1. The highest BCUT2D eigenvalue weighted by Crippen LogP contribution is 2.28. The number of nitrogens with one attached hydrogen (secondary N) is 1. The van der Waals surface area contributed by atoms with Gasteiger partial charge in [-0.1, -0.05) is 30.3 Å². The standard InChI is InChI=1S/C17H19NO5/c1-22-16-9-13(19)7-8-14(16)15(20)10-18-17(21)23-11-12-5-3-2-4-6-12/h2-9,15,19-20H,10-11H2,1H3,(H,18,21). The first-order valence-corrected chi connectivity index (χ1v) is 7.09. The molecule has 2 aromatic rings. The first-order chi connectivity index (χ1) is 11.1. The number of aromatic hydroxyl groups is 1. The summed E-state index contributed by atoms with van der Waals surface area (Å²) in [6.45, 7) is 0.125. The van der Waals surface area contributed by atoms with Crippen LogP contribution in [0.2, 0.25) is 0 Å². The van der Waals surface area contributed by atoms with Crippen LogP contribution in [0.25, 0.3) is 0 Å². The number of amides is 1. The fraction of sp³-hybridized carbons (Fsp3) is 0.235. The van der Waals surface area contributed by atoms with Gasteiger partial charge in [-0.2, -0.15) is 0 Å². The maximum atomic E-state index is 11.6. The molecule has 23 heavy (non-hydrogen) atoms. The van der Waals surface area contributed by atoms with Gasteiger partial charge in [0.1, 0.15) is 18.1 Å². The highest BCUT2D eigenvalue weighted by Gasteiger charge is 2.15. The lowest BCUT2D eigenvalue weighted by molar-refractivity contribution is 0.125. The molecule has 0 aliphatic heterocycles. The lowest BCUT2D eigenvalue weighted by Crippen LogP contribution is -2.29. The molecule has 1 unspecified atom stereocenters. The predicted octanol–water partition coefficient (Wildman–Crippen LogP) is 2.36. The molecular formula is C17H19NO5. The lowest BCUT2D eigenvalue weighted by Gasteiger charge is -2.15. The van der Waals surface area contributed by atoms with Crippen LogP contribution >= 0.6 is 0 Å². The average Bonchev–Trinajstić information content (AvgIpc) is 2.58. The Morgan fingerprint density at radius 1 is 1.22 bits per heavy atom. The van der Waals surface area contributed by atoms with Gasteiger partial charge in [-0.3, -0.25) is 0 Å². The van der Waals surface area contributed by atoms with Crippen LogP contribution in [0.4, 0.5) is 4.79 Å². The summed E-state index contributed by atoms with van der Waals surface area (Å²) in [4.78, 5) is 11.6. The van der Waals surface area contributed by atoms with Gasteiger partial charge in [0.05, 0.1) is 19.8 Å². The molecule has 1 atom stereocenters. The molecule has 0 aliphatic carbocycles. The second-order valence-electron chi connectivity index (χ2n) is 4.88.